The summed E-state index contributed by atoms with van der Waals surface area (Å²) in [6.45, 7) is 0.0850. The van der Waals surface area contributed by atoms with Gasteiger partial charge in [-0.2, -0.15) is 0 Å². The van der Waals surface area contributed by atoms with Gasteiger partial charge in [-0.15, -0.1) is 0 Å². The molecule has 4 heteroatoms. The Morgan fingerprint density at radius 1 is 0.759 bits per heavy atom. The highest BCUT2D eigenvalue weighted by molar-refractivity contribution is 6.30. The summed E-state index contributed by atoms with van der Waals surface area (Å²) in [6.07, 6.45) is 1.11. The summed E-state index contributed by atoms with van der Waals surface area (Å²) in [5.74, 6) is -0.229. The largest absolute Gasteiger partial charge is 0.465 e. The van der Waals surface area contributed by atoms with E-state index in [1.165, 1.54) is 11.1 Å². The summed E-state index contributed by atoms with van der Waals surface area (Å²) in [7, 11) is 0. The molecule has 29 heavy (non-hydrogen) atoms. The Morgan fingerprint density at radius 2 is 1.31 bits per heavy atom. The van der Waals surface area contributed by atoms with Gasteiger partial charge in [0.25, 0.3) is 0 Å². The highest BCUT2D eigenvalue weighted by Crippen LogP contribution is 2.29. The third kappa shape index (κ3) is 6.30. The molecular formula is C25H23ClO3. The summed E-state index contributed by atoms with van der Waals surface area (Å²) in [5.41, 5.74) is 2.91. The highest BCUT2D eigenvalue weighted by Gasteiger charge is 2.16. The van der Waals surface area contributed by atoms with E-state index < -0.39 is 0 Å². The molecule has 0 saturated carbocycles. The van der Waals surface area contributed by atoms with Crippen molar-refractivity contribution in [3.8, 4) is 0 Å². The first-order valence-electron chi connectivity index (χ1n) is 9.68. The molecule has 0 N–H and O–H groups in total. The second-order valence-electron chi connectivity index (χ2n) is 6.81. The summed E-state index contributed by atoms with van der Waals surface area (Å²) >= 11 is 5.83. The molecule has 148 valence electrons. The number of hydrogen-bond donors (Lipinski definition) is 0. The minimum Gasteiger partial charge on any atom is -0.465 e. The van der Waals surface area contributed by atoms with Crippen LogP contribution >= 0.6 is 11.6 Å². The number of ketones is 1. The highest BCUT2D eigenvalue weighted by atomic mass is 35.5. The molecule has 3 aromatic rings. The lowest BCUT2D eigenvalue weighted by molar-refractivity contribution is -0.143. The van der Waals surface area contributed by atoms with E-state index in [2.05, 4.69) is 24.3 Å². The maximum Gasteiger partial charge on any atom is 0.305 e. The quantitative estimate of drug-likeness (QED) is 0.320. The summed E-state index contributed by atoms with van der Waals surface area (Å²) in [6, 6.07) is 27.0. The zero-order valence-electron chi connectivity index (χ0n) is 16.1. The number of hydrogen-bond acceptors (Lipinski definition) is 3. The van der Waals surface area contributed by atoms with Crippen LogP contribution in [0.15, 0.2) is 84.9 Å². The maximum absolute atomic E-state index is 12.2. The molecule has 0 amide bonds. The van der Waals surface area contributed by atoms with Crippen LogP contribution in [-0.2, 0) is 9.53 Å². The lowest BCUT2D eigenvalue weighted by Crippen LogP contribution is -2.12. The van der Waals surface area contributed by atoms with E-state index in [0.717, 1.165) is 0 Å². The van der Waals surface area contributed by atoms with Crippen LogP contribution < -0.4 is 0 Å². The van der Waals surface area contributed by atoms with Gasteiger partial charge in [0.2, 0.25) is 0 Å². The first kappa shape index (κ1) is 20.8. The maximum atomic E-state index is 12.2. The van der Waals surface area contributed by atoms with Crippen LogP contribution in [0.25, 0.3) is 0 Å². The van der Waals surface area contributed by atoms with Gasteiger partial charge in [0.1, 0.15) is 0 Å². The fraction of sp³-hybridized carbons (Fsp3) is 0.200. The Hall–Kier alpha value is -2.91. The lowest BCUT2D eigenvalue weighted by atomic mass is 9.87. The second-order valence-corrected chi connectivity index (χ2v) is 7.25. The number of Topliss-reactive ketones (excluding diaryl/α,β-unsaturated/α-hetero) is 1. The number of ether oxygens (including phenoxy) is 1. The van der Waals surface area contributed by atoms with Gasteiger partial charge in [-0.05, 0) is 41.8 Å². The third-order valence-electron chi connectivity index (χ3n) is 4.80. The van der Waals surface area contributed by atoms with Crippen molar-refractivity contribution < 1.29 is 14.3 Å². The zero-order valence-corrected chi connectivity index (χ0v) is 16.8. The van der Waals surface area contributed by atoms with Crippen LogP contribution in [0, 0.1) is 0 Å². The van der Waals surface area contributed by atoms with Crippen molar-refractivity contribution in [1.82, 2.24) is 0 Å². The number of rotatable bonds is 9. The summed E-state index contributed by atoms with van der Waals surface area (Å²) in [5, 5.41) is 0.583. The molecule has 0 aliphatic carbocycles. The number of esters is 1. The molecule has 0 aliphatic rings. The molecule has 3 nitrogen and oxygen atoms in total. The van der Waals surface area contributed by atoms with Crippen LogP contribution in [-0.4, -0.2) is 18.4 Å². The predicted molar refractivity (Wildman–Crippen MR) is 115 cm³/mol. The number of benzene rings is 3. The molecule has 0 spiro atoms. The molecule has 0 aromatic heterocycles. The van der Waals surface area contributed by atoms with E-state index in [-0.39, 0.29) is 30.7 Å². The van der Waals surface area contributed by atoms with E-state index in [1.54, 1.807) is 24.3 Å². The summed E-state index contributed by atoms with van der Waals surface area (Å²) in [4.78, 5) is 24.4. The molecule has 0 radical (unpaired) electrons. The van der Waals surface area contributed by atoms with E-state index >= 15 is 0 Å². The van der Waals surface area contributed by atoms with Gasteiger partial charge < -0.3 is 4.74 Å². The predicted octanol–water partition coefficient (Wildman–Crippen LogP) is 6.07. The first-order valence-corrected chi connectivity index (χ1v) is 10.1. The SMILES string of the molecule is O=C(CCC(c1ccccc1)c1ccccc1)OCCC(=O)c1ccc(Cl)cc1. The van der Waals surface area contributed by atoms with Gasteiger partial charge in [-0.1, -0.05) is 72.3 Å². The Labute approximate surface area is 176 Å². The van der Waals surface area contributed by atoms with Crippen molar-refractivity contribution >= 4 is 23.4 Å². The normalized spacial score (nSPS) is 10.7. The van der Waals surface area contributed by atoms with E-state index in [9.17, 15) is 9.59 Å². The fourth-order valence-corrected chi connectivity index (χ4v) is 3.39. The zero-order chi connectivity index (χ0) is 20.5. The molecule has 0 aliphatic heterocycles. The van der Waals surface area contributed by atoms with Crippen LogP contribution in [0.1, 0.15) is 46.7 Å². The lowest BCUT2D eigenvalue weighted by Gasteiger charge is -2.17. The Kier molecular flexibility index (Phi) is 7.60. The minimum absolute atomic E-state index is 0.0686. The van der Waals surface area contributed by atoms with Crippen LogP contribution in [0.3, 0.4) is 0 Å². The molecule has 0 unspecified atom stereocenters. The number of halogens is 1. The van der Waals surface area contributed by atoms with E-state index in [1.807, 2.05) is 36.4 Å². The van der Waals surface area contributed by atoms with Crippen molar-refractivity contribution in [1.29, 1.82) is 0 Å². The molecule has 0 saturated heterocycles. The molecule has 3 aromatic carbocycles. The van der Waals surface area contributed by atoms with E-state index in [0.29, 0.717) is 23.4 Å². The average Bonchev–Trinajstić information content (AvgIpc) is 2.76. The van der Waals surface area contributed by atoms with Crippen LogP contribution in [0.4, 0.5) is 0 Å². The molecule has 0 bridgehead atoms. The topological polar surface area (TPSA) is 43.4 Å². The molecular weight excluding hydrogens is 384 g/mol. The standard InChI is InChI=1S/C25H23ClO3/c26-22-13-11-21(12-14-22)24(27)17-18-29-25(28)16-15-23(19-7-3-1-4-8-19)20-9-5-2-6-10-20/h1-14,23H,15-18H2. The van der Waals surface area contributed by atoms with Crippen molar-refractivity contribution in [2.45, 2.75) is 25.2 Å². The smallest absolute Gasteiger partial charge is 0.305 e. The number of carbonyl (C=O) groups excluding carboxylic acids is 2. The monoisotopic (exact) mass is 406 g/mol. The van der Waals surface area contributed by atoms with Crippen molar-refractivity contribution in [3.63, 3.8) is 0 Å². The molecule has 3 rings (SSSR count). The van der Waals surface area contributed by atoms with Gasteiger partial charge in [-0.3, -0.25) is 9.59 Å². The van der Waals surface area contributed by atoms with Crippen LogP contribution in [0.2, 0.25) is 5.02 Å². The Morgan fingerprint density at radius 3 is 1.86 bits per heavy atom. The Bertz CT molecular complexity index is 882. The Balaban J connectivity index is 1.51. The first-order chi connectivity index (χ1) is 14.1. The average molecular weight is 407 g/mol. The fourth-order valence-electron chi connectivity index (χ4n) is 3.27. The summed E-state index contributed by atoms with van der Waals surface area (Å²) < 4.78 is 5.29. The molecule has 0 atom stereocenters. The van der Waals surface area contributed by atoms with Crippen LogP contribution in [0.5, 0.6) is 0 Å². The minimum atomic E-state index is -0.286. The van der Waals surface area contributed by atoms with Gasteiger partial charge in [0, 0.05) is 29.3 Å². The third-order valence-corrected chi connectivity index (χ3v) is 5.05. The van der Waals surface area contributed by atoms with Gasteiger partial charge >= 0.3 is 5.97 Å². The van der Waals surface area contributed by atoms with Gasteiger partial charge in [0.05, 0.1) is 6.61 Å². The second kappa shape index (κ2) is 10.6. The van der Waals surface area contributed by atoms with Crippen molar-refractivity contribution in [3.05, 3.63) is 107 Å². The number of carbonyl (C=O) groups is 2. The molecule has 0 heterocycles. The van der Waals surface area contributed by atoms with Crippen molar-refractivity contribution in [2.75, 3.05) is 6.61 Å². The van der Waals surface area contributed by atoms with E-state index in [4.69, 9.17) is 16.3 Å². The van der Waals surface area contributed by atoms with Gasteiger partial charge in [0.15, 0.2) is 5.78 Å². The van der Waals surface area contributed by atoms with Gasteiger partial charge in [-0.25, -0.2) is 0 Å². The van der Waals surface area contributed by atoms with Crippen molar-refractivity contribution in [2.24, 2.45) is 0 Å². The molecule has 0 fully saturated rings.